The molecule has 1 aromatic carbocycles. The summed E-state index contributed by atoms with van der Waals surface area (Å²) < 4.78 is 5.05. The van der Waals surface area contributed by atoms with Crippen LogP contribution in [0.2, 0.25) is 0 Å². The molecule has 24 heavy (non-hydrogen) atoms. The van der Waals surface area contributed by atoms with Gasteiger partial charge in [-0.05, 0) is 60.3 Å². The summed E-state index contributed by atoms with van der Waals surface area (Å²) in [5.74, 6) is -1.94. The monoisotopic (exact) mass is 331 g/mol. The molecule has 1 N–H and O–H groups in total. The van der Waals surface area contributed by atoms with Gasteiger partial charge in [-0.2, -0.15) is 0 Å². The van der Waals surface area contributed by atoms with Gasteiger partial charge in [0.05, 0.1) is 0 Å². The van der Waals surface area contributed by atoms with E-state index in [4.69, 9.17) is 15.8 Å². The summed E-state index contributed by atoms with van der Waals surface area (Å²) in [5, 5.41) is 8.15. The minimum absolute atomic E-state index is 0.0275. The van der Waals surface area contributed by atoms with Crippen LogP contribution in [0.1, 0.15) is 41.5 Å². The summed E-state index contributed by atoms with van der Waals surface area (Å²) in [7, 11) is 0. The van der Waals surface area contributed by atoms with Crippen molar-refractivity contribution in [2.75, 3.05) is 5.32 Å². The van der Waals surface area contributed by atoms with Crippen LogP contribution in [0.5, 0.6) is 0 Å². The van der Waals surface area contributed by atoms with Crippen molar-refractivity contribution in [2.24, 2.45) is 10.2 Å². The normalized spacial score (nSPS) is 9.96. The Morgan fingerprint density at radius 2 is 1.46 bits per heavy atom. The first-order valence-electron chi connectivity index (χ1n) is 6.50. The lowest BCUT2D eigenvalue weighted by Gasteiger charge is -2.20. The van der Waals surface area contributed by atoms with Crippen molar-refractivity contribution in [3.05, 3.63) is 50.2 Å². The molecular weight excluding hydrogens is 318 g/mol. The minimum Gasteiger partial charge on any atom is -0.444 e. The molecule has 0 heterocycles. The zero-order valence-electron chi connectivity index (χ0n) is 13.0. The van der Waals surface area contributed by atoms with E-state index in [1.807, 2.05) is 0 Å². The molecule has 1 aromatic rings. The first-order valence-corrected chi connectivity index (χ1v) is 6.50. The van der Waals surface area contributed by atoms with E-state index in [9.17, 15) is 14.4 Å². The second kappa shape index (κ2) is 7.63. The van der Waals surface area contributed by atoms with Gasteiger partial charge in [-0.3, -0.25) is 14.9 Å². The molecule has 1 rings (SSSR count). The molecule has 3 amide bonds. The first kappa shape index (κ1) is 18.5. The lowest BCUT2D eigenvalue weighted by Crippen LogP contribution is -2.27. The molecule has 0 bridgehead atoms. The Balaban J connectivity index is 3.25. The Morgan fingerprint density at radius 1 is 1.00 bits per heavy atom. The summed E-state index contributed by atoms with van der Waals surface area (Å²) in [5.41, 5.74) is 15.6. The van der Waals surface area contributed by atoms with Gasteiger partial charge >= 0.3 is 6.09 Å². The number of azide groups is 2. The highest BCUT2D eigenvalue weighted by Gasteiger charge is 2.18. The molecule has 0 aromatic heterocycles. The molecule has 0 unspecified atom stereocenters. The number of ether oxygens (including phenoxy) is 1. The van der Waals surface area contributed by atoms with E-state index >= 15 is 0 Å². The second-order valence-electron chi connectivity index (χ2n) is 5.42. The van der Waals surface area contributed by atoms with Gasteiger partial charge in [0.15, 0.2) is 0 Å². The van der Waals surface area contributed by atoms with Crippen molar-refractivity contribution in [3.63, 3.8) is 0 Å². The lowest BCUT2D eigenvalue weighted by molar-refractivity contribution is 0.0635. The molecule has 0 spiro atoms. The highest BCUT2D eigenvalue weighted by molar-refractivity contribution is 6.02. The number of hydrogen-bond donors (Lipinski definition) is 1. The largest absolute Gasteiger partial charge is 0.444 e. The van der Waals surface area contributed by atoms with Gasteiger partial charge in [0.2, 0.25) is 11.8 Å². The number of nitrogens with one attached hydrogen (secondary N) is 1. The molecule has 0 fully saturated rings. The van der Waals surface area contributed by atoms with Gasteiger partial charge in [0.1, 0.15) is 5.60 Å². The predicted molar refractivity (Wildman–Crippen MR) is 83.3 cm³/mol. The van der Waals surface area contributed by atoms with Crippen LogP contribution < -0.4 is 5.32 Å². The van der Waals surface area contributed by atoms with Gasteiger partial charge in [-0.25, -0.2) is 4.79 Å². The van der Waals surface area contributed by atoms with Crippen molar-refractivity contribution in [2.45, 2.75) is 26.4 Å². The number of rotatable bonds is 3. The van der Waals surface area contributed by atoms with E-state index in [1.54, 1.807) is 20.8 Å². The Morgan fingerprint density at radius 3 is 1.83 bits per heavy atom. The molecule has 11 heteroatoms. The molecule has 0 aliphatic heterocycles. The molecule has 11 nitrogen and oxygen atoms in total. The third kappa shape index (κ3) is 5.68. The Hall–Kier alpha value is -3.55. The molecule has 0 aliphatic rings. The van der Waals surface area contributed by atoms with Crippen molar-refractivity contribution in [3.8, 4) is 0 Å². The van der Waals surface area contributed by atoms with Crippen LogP contribution in [0, 0.1) is 0 Å². The fraction of sp³-hybridized carbons (Fsp3) is 0.308. The number of nitrogens with zero attached hydrogens (tertiary/aromatic N) is 6. The minimum atomic E-state index is -0.972. The van der Waals surface area contributed by atoms with E-state index in [2.05, 4.69) is 25.4 Å². The Kier molecular flexibility index (Phi) is 5.88. The van der Waals surface area contributed by atoms with E-state index in [0.29, 0.717) is 0 Å². The molecular formula is C13H13N7O4. The van der Waals surface area contributed by atoms with Crippen LogP contribution in [-0.4, -0.2) is 23.5 Å². The SMILES string of the molecule is CC(C)(C)OC(=O)Nc1cc(C(=O)N=[N+]=[N-])cc(C(=O)N=[N+]=[N-])c1. The second-order valence-corrected chi connectivity index (χ2v) is 5.42. The zero-order chi connectivity index (χ0) is 18.3. The average molecular weight is 331 g/mol. The summed E-state index contributed by atoms with van der Waals surface area (Å²) in [6, 6.07) is 3.45. The highest BCUT2D eigenvalue weighted by Crippen LogP contribution is 2.18. The van der Waals surface area contributed by atoms with Crippen molar-refractivity contribution >= 4 is 23.6 Å². The number of carbonyl (C=O) groups is 3. The summed E-state index contributed by atoms with van der Waals surface area (Å²) >= 11 is 0. The maximum absolute atomic E-state index is 11.8. The molecule has 124 valence electrons. The standard InChI is InChI=1S/C13H13N7O4/c1-13(2,3)24-12(23)16-9-5-7(10(21)17-19-14)4-8(6-9)11(22)18-20-15/h4-6H,1-3H3,(H,16,23). The summed E-state index contributed by atoms with van der Waals surface area (Å²) in [6.45, 7) is 4.97. The maximum atomic E-state index is 11.8. The van der Waals surface area contributed by atoms with Gasteiger partial charge in [-0.15, -0.1) is 0 Å². The van der Waals surface area contributed by atoms with E-state index in [0.717, 1.165) is 6.07 Å². The van der Waals surface area contributed by atoms with Crippen LogP contribution in [0.15, 0.2) is 28.4 Å². The van der Waals surface area contributed by atoms with Crippen molar-refractivity contribution in [1.29, 1.82) is 0 Å². The van der Waals surface area contributed by atoms with Crippen LogP contribution in [0.3, 0.4) is 0 Å². The topological polar surface area (TPSA) is 170 Å². The Labute approximate surface area is 135 Å². The number of anilines is 1. The van der Waals surface area contributed by atoms with Gasteiger partial charge in [0, 0.05) is 26.6 Å². The molecule has 0 aliphatic carbocycles. The van der Waals surface area contributed by atoms with Gasteiger partial charge < -0.3 is 4.74 Å². The number of amides is 3. The van der Waals surface area contributed by atoms with Crippen LogP contribution in [0.25, 0.3) is 20.9 Å². The van der Waals surface area contributed by atoms with Crippen LogP contribution >= 0.6 is 0 Å². The number of hydrogen-bond acceptors (Lipinski definition) is 4. The van der Waals surface area contributed by atoms with E-state index in [-0.39, 0.29) is 16.8 Å². The smallest absolute Gasteiger partial charge is 0.412 e. The van der Waals surface area contributed by atoms with Gasteiger partial charge in [0.25, 0.3) is 0 Å². The Bertz CT molecular complexity index is 736. The van der Waals surface area contributed by atoms with Crippen LogP contribution in [0.4, 0.5) is 10.5 Å². The quantitative estimate of drug-likeness (QED) is 0.502. The predicted octanol–water partition coefficient (Wildman–Crippen LogP) is 3.93. The average Bonchev–Trinajstić information content (AvgIpc) is 2.45. The molecule has 0 radical (unpaired) electrons. The summed E-state index contributed by atoms with van der Waals surface area (Å²) in [4.78, 5) is 39.8. The maximum Gasteiger partial charge on any atom is 0.412 e. The molecule has 0 saturated carbocycles. The fourth-order valence-electron chi connectivity index (χ4n) is 1.56. The zero-order valence-corrected chi connectivity index (χ0v) is 13.0. The number of carbonyl (C=O) groups excluding carboxylic acids is 3. The lowest BCUT2D eigenvalue weighted by atomic mass is 10.1. The van der Waals surface area contributed by atoms with E-state index < -0.39 is 23.5 Å². The van der Waals surface area contributed by atoms with Crippen molar-refractivity contribution in [1.82, 2.24) is 0 Å². The fourth-order valence-corrected chi connectivity index (χ4v) is 1.56. The van der Waals surface area contributed by atoms with Crippen LogP contribution in [-0.2, 0) is 4.74 Å². The molecule has 0 saturated heterocycles. The third-order valence-electron chi connectivity index (χ3n) is 2.34. The first-order chi connectivity index (χ1) is 11.2. The van der Waals surface area contributed by atoms with E-state index in [1.165, 1.54) is 12.1 Å². The number of benzene rings is 1. The van der Waals surface area contributed by atoms with Gasteiger partial charge in [-0.1, -0.05) is 0 Å². The van der Waals surface area contributed by atoms with Crippen molar-refractivity contribution < 1.29 is 19.1 Å². The molecule has 0 atom stereocenters. The summed E-state index contributed by atoms with van der Waals surface area (Å²) in [6.07, 6.45) is -0.821. The third-order valence-corrected chi connectivity index (χ3v) is 2.34. The highest BCUT2D eigenvalue weighted by atomic mass is 16.6.